The SMILES string of the molecule is COc1ccc2c(c1)CC(CC#N)CO2. The number of nitriles is 1. The molecule has 0 spiro atoms. The number of benzene rings is 1. The summed E-state index contributed by atoms with van der Waals surface area (Å²) in [6.07, 6.45) is 1.46. The van der Waals surface area contributed by atoms with Gasteiger partial charge >= 0.3 is 0 Å². The molecule has 1 atom stereocenters. The zero-order valence-electron chi connectivity index (χ0n) is 8.69. The van der Waals surface area contributed by atoms with Crippen molar-refractivity contribution in [2.24, 2.45) is 5.92 Å². The average molecular weight is 203 g/mol. The Morgan fingerprint density at radius 2 is 2.47 bits per heavy atom. The average Bonchev–Trinajstić information content (AvgIpc) is 2.28. The van der Waals surface area contributed by atoms with Crippen LogP contribution in [0.1, 0.15) is 12.0 Å². The maximum absolute atomic E-state index is 8.64. The minimum absolute atomic E-state index is 0.314. The maximum atomic E-state index is 8.64. The van der Waals surface area contributed by atoms with E-state index in [-0.39, 0.29) is 0 Å². The van der Waals surface area contributed by atoms with Crippen molar-refractivity contribution in [3.63, 3.8) is 0 Å². The van der Waals surface area contributed by atoms with Gasteiger partial charge in [0.15, 0.2) is 0 Å². The van der Waals surface area contributed by atoms with Crippen LogP contribution in [0.3, 0.4) is 0 Å². The van der Waals surface area contributed by atoms with Gasteiger partial charge < -0.3 is 9.47 Å². The molecule has 78 valence electrons. The molecule has 0 amide bonds. The fraction of sp³-hybridized carbons (Fsp3) is 0.417. The van der Waals surface area contributed by atoms with Gasteiger partial charge in [-0.25, -0.2) is 0 Å². The third-order valence-corrected chi connectivity index (χ3v) is 2.63. The lowest BCUT2D eigenvalue weighted by Gasteiger charge is -2.23. The van der Waals surface area contributed by atoms with Gasteiger partial charge in [0.1, 0.15) is 11.5 Å². The maximum Gasteiger partial charge on any atom is 0.122 e. The van der Waals surface area contributed by atoms with Crippen molar-refractivity contribution in [3.8, 4) is 17.6 Å². The second-order valence-corrected chi connectivity index (χ2v) is 3.72. The highest BCUT2D eigenvalue weighted by molar-refractivity contribution is 5.41. The Labute approximate surface area is 89.2 Å². The second kappa shape index (κ2) is 4.22. The predicted octanol–water partition coefficient (Wildman–Crippen LogP) is 2.16. The lowest BCUT2D eigenvalue weighted by atomic mass is 9.94. The van der Waals surface area contributed by atoms with Gasteiger partial charge in [0.05, 0.1) is 19.8 Å². The quantitative estimate of drug-likeness (QED) is 0.739. The predicted molar refractivity (Wildman–Crippen MR) is 55.9 cm³/mol. The van der Waals surface area contributed by atoms with Crippen molar-refractivity contribution in [1.29, 1.82) is 5.26 Å². The normalized spacial score (nSPS) is 18.5. The molecule has 1 aromatic carbocycles. The highest BCUT2D eigenvalue weighted by atomic mass is 16.5. The molecule has 1 aromatic rings. The van der Waals surface area contributed by atoms with Crippen LogP contribution in [0.15, 0.2) is 18.2 Å². The summed E-state index contributed by atoms with van der Waals surface area (Å²) in [5, 5.41) is 8.64. The molecule has 0 saturated heterocycles. The summed E-state index contributed by atoms with van der Waals surface area (Å²) in [6, 6.07) is 7.99. The molecule has 0 bridgehead atoms. The first-order chi connectivity index (χ1) is 7.33. The van der Waals surface area contributed by atoms with Crippen molar-refractivity contribution < 1.29 is 9.47 Å². The van der Waals surface area contributed by atoms with E-state index in [1.807, 2.05) is 18.2 Å². The fourth-order valence-electron chi connectivity index (χ4n) is 1.82. The fourth-order valence-corrected chi connectivity index (χ4v) is 1.82. The Bertz CT molecular complexity index is 395. The summed E-state index contributed by atoms with van der Waals surface area (Å²) >= 11 is 0. The topological polar surface area (TPSA) is 42.2 Å². The Kier molecular flexibility index (Phi) is 2.77. The van der Waals surface area contributed by atoms with Gasteiger partial charge in [-0.1, -0.05) is 0 Å². The summed E-state index contributed by atoms with van der Waals surface area (Å²) in [6.45, 7) is 0.646. The summed E-state index contributed by atoms with van der Waals surface area (Å²) < 4.78 is 10.7. The standard InChI is InChI=1S/C12H13NO2/c1-14-11-2-3-12-10(7-11)6-9(4-5-13)8-15-12/h2-3,7,9H,4,6,8H2,1H3. The summed E-state index contributed by atoms with van der Waals surface area (Å²) in [7, 11) is 1.65. The number of methoxy groups -OCH3 is 1. The largest absolute Gasteiger partial charge is 0.497 e. The van der Waals surface area contributed by atoms with Crippen molar-refractivity contribution in [2.75, 3.05) is 13.7 Å². The Hall–Kier alpha value is -1.69. The summed E-state index contributed by atoms with van der Waals surface area (Å²) in [5.74, 6) is 2.08. The number of hydrogen-bond donors (Lipinski definition) is 0. The molecular weight excluding hydrogens is 190 g/mol. The van der Waals surface area contributed by atoms with Crippen molar-refractivity contribution in [1.82, 2.24) is 0 Å². The molecular formula is C12H13NO2. The first-order valence-electron chi connectivity index (χ1n) is 5.00. The third-order valence-electron chi connectivity index (χ3n) is 2.63. The van der Waals surface area contributed by atoms with E-state index in [2.05, 4.69) is 6.07 Å². The molecule has 15 heavy (non-hydrogen) atoms. The zero-order valence-corrected chi connectivity index (χ0v) is 8.69. The Balaban J connectivity index is 2.20. The molecule has 0 aromatic heterocycles. The lowest BCUT2D eigenvalue weighted by Crippen LogP contribution is -2.20. The molecule has 0 fully saturated rings. The molecule has 1 aliphatic heterocycles. The Morgan fingerprint density at radius 3 is 3.20 bits per heavy atom. The molecule has 2 rings (SSSR count). The van der Waals surface area contributed by atoms with E-state index in [4.69, 9.17) is 14.7 Å². The minimum Gasteiger partial charge on any atom is -0.497 e. The third kappa shape index (κ3) is 2.04. The molecule has 0 aliphatic carbocycles. The first kappa shape index (κ1) is 9.85. The lowest BCUT2D eigenvalue weighted by molar-refractivity contribution is 0.224. The molecule has 3 heteroatoms. The molecule has 1 unspecified atom stereocenters. The van der Waals surface area contributed by atoms with Gasteiger partial charge in [0.25, 0.3) is 0 Å². The number of rotatable bonds is 2. The van der Waals surface area contributed by atoms with Crippen LogP contribution in [-0.4, -0.2) is 13.7 Å². The summed E-state index contributed by atoms with van der Waals surface area (Å²) in [5.41, 5.74) is 1.14. The first-order valence-corrected chi connectivity index (χ1v) is 5.00. The van der Waals surface area contributed by atoms with Crippen LogP contribution >= 0.6 is 0 Å². The Morgan fingerprint density at radius 1 is 1.60 bits per heavy atom. The molecule has 1 aliphatic rings. The van der Waals surface area contributed by atoms with Crippen LogP contribution in [0.2, 0.25) is 0 Å². The van der Waals surface area contributed by atoms with Crippen molar-refractivity contribution in [3.05, 3.63) is 23.8 Å². The minimum atomic E-state index is 0.314. The smallest absolute Gasteiger partial charge is 0.122 e. The van der Waals surface area contributed by atoms with E-state index in [0.29, 0.717) is 18.9 Å². The molecule has 0 N–H and O–H groups in total. The van der Waals surface area contributed by atoms with E-state index < -0.39 is 0 Å². The van der Waals surface area contributed by atoms with Gasteiger partial charge in [-0.15, -0.1) is 0 Å². The monoisotopic (exact) mass is 203 g/mol. The van der Waals surface area contributed by atoms with Crippen LogP contribution in [0, 0.1) is 17.2 Å². The van der Waals surface area contributed by atoms with Crippen molar-refractivity contribution in [2.45, 2.75) is 12.8 Å². The molecule has 3 nitrogen and oxygen atoms in total. The van der Waals surface area contributed by atoms with Crippen molar-refractivity contribution >= 4 is 0 Å². The van der Waals surface area contributed by atoms with E-state index in [1.165, 1.54) is 0 Å². The highest BCUT2D eigenvalue weighted by Gasteiger charge is 2.19. The van der Waals surface area contributed by atoms with E-state index in [9.17, 15) is 0 Å². The summed E-state index contributed by atoms with van der Waals surface area (Å²) in [4.78, 5) is 0. The van der Waals surface area contributed by atoms with Crippen LogP contribution in [0.5, 0.6) is 11.5 Å². The van der Waals surface area contributed by atoms with Crippen LogP contribution in [0.4, 0.5) is 0 Å². The van der Waals surface area contributed by atoms with Gasteiger partial charge in [-0.3, -0.25) is 0 Å². The molecule has 0 radical (unpaired) electrons. The van der Waals surface area contributed by atoms with E-state index >= 15 is 0 Å². The number of nitrogens with zero attached hydrogens (tertiary/aromatic N) is 1. The second-order valence-electron chi connectivity index (χ2n) is 3.72. The van der Waals surface area contributed by atoms with Crippen LogP contribution < -0.4 is 9.47 Å². The van der Waals surface area contributed by atoms with Gasteiger partial charge in [0, 0.05) is 12.3 Å². The zero-order chi connectivity index (χ0) is 10.7. The van der Waals surface area contributed by atoms with Gasteiger partial charge in [-0.2, -0.15) is 5.26 Å². The van der Waals surface area contributed by atoms with Crippen LogP contribution in [0.25, 0.3) is 0 Å². The van der Waals surface area contributed by atoms with Crippen LogP contribution in [-0.2, 0) is 6.42 Å². The number of hydrogen-bond acceptors (Lipinski definition) is 3. The van der Waals surface area contributed by atoms with E-state index in [0.717, 1.165) is 23.5 Å². The molecule has 0 saturated carbocycles. The number of fused-ring (bicyclic) bond motifs is 1. The van der Waals surface area contributed by atoms with E-state index in [1.54, 1.807) is 7.11 Å². The van der Waals surface area contributed by atoms with Gasteiger partial charge in [-0.05, 0) is 30.2 Å². The van der Waals surface area contributed by atoms with Gasteiger partial charge in [0.2, 0.25) is 0 Å². The number of ether oxygens (including phenoxy) is 2. The highest BCUT2D eigenvalue weighted by Crippen LogP contribution is 2.31. The molecule has 1 heterocycles.